The number of carboxylic acid groups (broad SMARTS) is 2. The normalized spacial score (nSPS) is 14.1. The highest BCUT2D eigenvalue weighted by atomic mass is 16.4. The summed E-state index contributed by atoms with van der Waals surface area (Å²) in [5.74, 6) is -1.12. The molecule has 0 heterocycles. The summed E-state index contributed by atoms with van der Waals surface area (Å²) in [4.78, 5) is 21.3. The molecule has 0 aliphatic rings. The van der Waals surface area contributed by atoms with Gasteiger partial charge in [-0.25, -0.2) is 0 Å². The smallest absolute Gasteiger partial charge is 0.306 e. The Morgan fingerprint density at radius 1 is 0.944 bits per heavy atom. The minimum Gasteiger partial charge on any atom is -0.481 e. The van der Waals surface area contributed by atoms with E-state index >= 15 is 0 Å². The number of carboxylic acids is 2. The highest BCUT2D eigenvalue weighted by Gasteiger charge is 2.15. The predicted octanol–water partition coefficient (Wildman–Crippen LogP) is 3.55. The molecule has 0 saturated heterocycles. The van der Waals surface area contributed by atoms with Crippen LogP contribution in [-0.4, -0.2) is 22.2 Å². The molecule has 0 aromatic carbocycles. The van der Waals surface area contributed by atoms with Gasteiger partial charge in [0, 0.05) is 6.42 Å². The molecular formula is C14H26O4. The van der Waals surface area contributed by atoms with E-state index in [-0.39, 0.29) is 12.3 Å². The van der Waals surface area contributed by atoms with Crippen LogP contribution in [0.15, 0.2) is 0 Å². The molecule has 18 heavy (non-hydrogen) atoms. The summed E-state index contributed by atoms with van der Waals surface area (Å²) < 4.78 is 0. The molecule has 0 aromatic heterocycles. The third kappa shape index (κ3) is 8.09. The highest BCUT2D eigenvalue weighted by Crippen LogP contribution is 2.22. The molecule has 0 fully saturated rings. The van der Waals surface area contributed by atoms with Crippen molar-refractivity contribution in [1.82, 2.24) is 0 Å². The molecule has 0 saturated carbocycles. The van der Waals surface area contributed by atoms with Gasteiger partial charge in [-0.05, 0) is 31.6 Å². The average Bonchev–Trinajstić information content (AvgIpc) is 2.31. The van der Waals surface area contributed by atoms with Crippen LogP contribution in [0.4, 0.5) is 0 Å². The van der Waals surface area contributed by atoms with Crippen molar-refractivity contribution in [2.24, 2.45) is 11.8 Å². The summed E-state index contributed by atoms with van der Waals surface area (Å²) in [7, 11) is 0. The van der Waals surface area contributed by atoms with Crippen LogP contribution < -0.4 is 0 Å². The first-order valence-corrected chi connectivity index (χ1v) is 6.95. The Hall–Kier alpha value is -1.06. The van der Waals surface area contributed by atoms with Gasteiger partial charge in [-0.1, -0.05) is 33.1 Å². The molecule has 0 aromatic rings. The zero-order valence-corrected chi connectivity index (χ0v) is 11.5. The molecule has 2 atom stereocenters. The van der Waals surface area contributed by atoms with E-state index in [0.29, 0.717) is 12.3 Å². The Balaban J connectivity index is 3.79. The van der Waals surface area contributed by atoms with Crippen molar-refractivity contribution < 1.29 is 19.8 Å². The highest BCUT2D eigenvalue weighted by molar-refractivity contribution is 5.69. The molecule has 0 spiro atoms. The van der Waals surface area contributed by atoms with Crippen molar-refractivity contribution in [3.8, 4) is 0 Å². The first-order valence-electron chi connectivity index (χ1n) is 6.95. The van der Waals surface area contributed by atoms with Crippen molar-refractivity contribution in [3.63, 3.8) is 0 Å². The SMILES string of the molecule is CCC(CCCC(=O)O)CCCC(CC)C(=O)O. The fourth-order valence-corrected chi connectivity index (χ4v) is 2.25. The van der Waals surface area contributed by atoms with E-state index in [1.807, 2.05) is 6.92 Å². The van der Waals surface area contributed by atoms with E-state index in [0.717, 1.165) is 38.5 Å². The number of aliphatic carboxylic acids is 2. The van der Waals surface area contributed by atoms with E-state index in [2.05, 4.69) is 6.92 Å². The average molecular weight is 258 g/mol. The maximum absolute atomic E-state index is 10.9. The molecule has 0 aliphatic carbocycles. The molecule has 106 valence electrons. The number of hydrogen-bond acceptors (Lipinski definition) is 2. The number of carbonyl (C=O) groups is 2. The second kappa shape index (κ2) is 9.92. The van der Waals surface area contributed by atoms with Gasteiger partial charge in [-0.15, -0.1) is 0 Å². The summed E-state index contributed by atoms with van der Waals surface area (Å²) in [5.41, 5.74) is 0. The summed E-state index contributed by atoms with van der Waals surface area (Å²) in [5, 5.41) is 17.5. The minimum absolute atomic E-state index is 0.221. The molecule has 0 amide bonds. The summed E-state index contributed by atoms with van der Waals surface area (Å²) >= 11 is 0. The zero-order valence-electron chi connectivity index (χ0n) is 11.5. The Morgan fingerprint density at radius 2 is 1.56 bits per heavy atom. The van der Waals surface area contributed by atoms with Crippen LogP contribution >= 0.6 is 0 Å². The molecule has 4 nitrogen and oxygen atoms in total. The van der Waals surface area contributed by atoms with Gasteiger partial charge in [-0.2, -0.15) is 0 Å². The number of hydrogen-bond donors (Lipinski definition) is 2. The molecule has 0 rings (SSSR count). The van der Waals surface area contributed by atoms with Gasteiger partial charge in [0.2, 0.25) is 0 Å². The van der Waals surface area contributed by atoms with E-state index in [4.69, 9.17) is 10.2 Å². The first-order chi connectivity index (χ1) is 8.51. The van der Waals surface area contributed by atoms with Crippen molar-refractivity contribution in [1.29, 1.82) is 0 Å². The molecule has 4 heteroatoms. The lowest BCUT2D eigenvalue weighted by molar-refractivity contribution is -0.142. The fourth-order valence-electron chi connectivity index (χ4n) is 2.25. The summed E-state index contributed by atoms with van der Waals surface area (Å²) in [6, 6.07) is 0. The van der Waals surface area contributed by atoms with Crippen LogP contribution in [0.3, 0.4) is 0 Å². The Labute approximate surface area is 109 Å². The van der Waals surface area contributed by atoms with E-state index in [1.165, 1.54) is 0 Å². The molecule has 2 unspecified atom stereocenters. The third-order valence-corrected chi connectivity index (χ3v) is 3.59. The van der Waals surface area contributed by atoms with Crippen molar-refractivity contribution in [2.45, 2.75) is 65.2 Å². The fraction of sp³-hybridized carbons (Fsp3) is 0.857. The van der Waals surface area contributed by atoms with Gasteiger partial charge in [0.15, 0.2) is 0 Å². The molecule has 2 N–H and O–H groups in total. The Kier molecular flexibility index (Phi) is 9.33. The van der Waals surface area contributed by atoms with Crippen molar-refractivity contribution in [3.05, 3.63) is 0 Å². The third-order valence-electron chi connectivity index (χ3n) is 3.59. The minimum atomic E-state index is -0.734. The summed E-state index contributed by atoms with van der Waals surface area (Å²) in [6.45, 7) is 4.02. The second-order valence-electron chi connectivity index (χ2n) is 4.93. The van der Waals surface area contributed by atoms with Crippen LogP contribution in [0.2, 0.25) is 0 Å². The maximum Gasteiger partial charge on any atom is 0.306 e. The monoisotopic (exact) mass is 258 g/mol. The van der Waals surface area contributed by atoms with Gasteiger partial charge in [0.25, 0.3) is 0 Å². The maximum atomic E-state index is 10.9. The first kappa shape index (κ1) is 16.9. The van der Waals surface area contributed by atoms with Crippen molar-refractivity contribution >= 4 is 11.9 Å². The molecule has 0 radical (unpaired) electrons. The van der Waals surface area contributed by atoms with Gasteiger partial charge < -0.3 is 10.2 Å². The van der Waals surface area contributed by atoms with Crippen LogP contribution in [0, 0.1) is 11.8 Å². The lowest BCUT2D eigenvalue weighted by atomic mass is 9.90. The van der Waals surface area contributed by atoms with E-state index in [9.17, 15) is 9.59 Å². The van der Waals surface area contributed by atoms with Crippen LogP contribution in [0.25, 0.3) is 0 Å². The van der Waals surface area contributed by atoms with Gasteiger partial charge in [0.1, 0.15) is 0 Å². The van der Waals surface area contributed by atoms with Crippen LogP contribution in [0.1, 0.15) is 65.2 Å². The van der Waals surface area contributed by atoms with Crippen molar-refractivity contribution in [2.75, 3.05) is 0 Å². The molecule has 0 bridgehead atoms. The number of rotatable bonds is 11. The lowest BCUT2D eigenvalue weighted by Crippen LogP contribution is -2.13. The van der Waals surface area contributed by atoms with E-state index in [1.54, 1.807) is 0 Å². The lowest BCUT2D eigenvalue weighted by Gasteiger charge is -2.15. The largest absolute Gasteiger partial charge is 0.481 e. The van der Waals surface area contributed by atoms with Gasteiger partial charge in [0.05, 0.1) is 5.92 Å². The second-order valence-corrected chi connectivity index (χ2v) is 4.93. The van der Waals surface area contributed by atoms with Crippen LogP contribution in [0.5, 0.6) is 0 Å². The Morgan fingerprint density at radius 3 is 2.00 bits per heavy atom. The predicted molar refractivity (Wildman–Crippen MR) is 70.5 cm³/mol. The van der Waals surface area contributed by atoms with Gasteiger partial charge >= 0.3 is 11.9 Å². The quantitative estimate of drug-likeness (QED) is 0.594. The van der Waals surface area contributed by atoms with Crippen LogP contribution in [-0.2, 0) is 9.59 Å². The Bertz CT molecular complexity index is 250. The van der Waals surface area contributed by atoms with Gasteiger partial charge in [-0.3, -0.25) is 9.59 Å². The molecular weight excluding hydrogens is 232 g/mol. The van der Waals surface area contributed by atoms with E-state index < -0.39 is 11.9 Å². The standard InChI is InChI=1S/C14H26O4/c1-3-11(8-6-10-13(15)16)7-5-9-12(4-2)14(17)18/h11-12H,3-10H2,1-2H3,(H,15,16)(H,17,18). The zero-order chi connectivity index (χ0) is 14.0. The summed E-state index contributed by atoms with van der Waals surface area (Å²) in [6.07, 6.45) is 6.31. The molecule has 0 aliphatic heterocycles. The topological polar surface area (TPSA) is 74.6 Å².